The Kier molecular flexibility index (Phi) is 5.53. The van der Waals surface area contributed by atoms with E-state index in [0.717, 1.165) is 36.8 Å². The molecule has 132 valence electrons. The van der Waals surface area contributed by atoms with Gasteiger partial charge in [-0.1, -0.05) is 18.2 Å². The van der Waals surface area contributed by atoms with Crippen molar-refractivity contribution in [1.29, 1.82) is 0 Å². The molecule has 1 amide bonds. The van der Waals surface area contributed by atoms with E-state index in [1.54, 1.807) is 24.3 Å². The maximum Gasteiger partial charge on any atom is 0.237 e. The van der Waals surface area contributed by atoms with Crippen molar-refractivity contribution >= 4 is 29.1 Å². The van der Waals surface area contributed by atoms with Gasteiger partial charge in [-0.05, 0) is 51.0 Å². The number of nitrogens with one attached hydrogen (secondary N) is 1. The van der Waals surface area contributed by atoms with Gasteiger partial charge in [0.1, 0.15) is 5.82 Å². The summed E-state index contributed by atoms with van der Waals surface area (Å²) < 4.78 is 2.14. The number of carbonyl (C=O) groups is 2. The number of thioether (sulfide) groups is 1. The smallest absolute Gasteiger partial charge is 0.237 e. The number of carbonyl (C=O) groups excluding carboxylic acids is 2. The number of fused-ring (bicyclic) bond motifs is 1. The van der Waals surface area contributed by atoms with E-state index in [0.29, 0.717) is 11.3 Å². The third-order valence-corrected chi connectivity index (χ3v) is 5.37. The first-order valence-electron chi connectivity index (χ1n) is 8.55. The lowest BCUT2D eigenvalue weighted by Gasteiger charge is -2.13. The Bertz CT molecular complexity index is 770. The van der Waals surface area contributed by atoms with Crippen LogP contribution >= 0.6 is 11.8 Å². The fourth-order valence-electron chi connectivity index (χ4n) is 2.79. The highest BCUT2D eigenvalue weighted by Gasteiger charge is 2.21. The van der Waals surface area contributed by atoms with E-state index in [1.165, 1.54) is 25.1 Å². The topological polar surface area (TPSA) is 76.9 Å². The second-order valence-corrected chi connectivity index (χ2v) is 7.55. The first-order chi connectivity index (χ1) is 12.0. The molecule has 0 unspecified atom stereocenters. The average molecular weight is 358 g/mol. The van der Waals surface area contributed by atoms with Gasteiger partial charge >= 0.3 is 0 Å². The van der Waals surface area contributed by atoms with Gasteiger partial charge in [0.05, 0.1) is 5.25 Å². The van der Waals surface area contributed by atoms with Crippen LogP contribution in [0.1, 0.15) is 49.3 Å². The number of aromatic nitrogens is 3. The van der Waals surface area contributed by atoms with E-state index in [-0.39, 0.29) is 16.9 Å². The zero-order chi connectivity index (χ0) is 17.8. The van der Waals surface area contributed by atoms with E-state index in [4.69, 9.17) is 0 Å². The second-order valence-electron chi connectivity index (χ2n) is 6.24. The number of ketones is 1. The molecule has 1 aliphatic rings. The van der Waals surface area contributed by atoms with Gasteiger partial charge in [0, 0.05) is 24.2 Å². The molecule has 0 saturated carbocycles. The largest absolute Gasteiger partial charge is 0.325 e. The van der Waals surface area contributed by atoms with E-state index < -0.39 is 0 Å². The minimum absolute atomic E-state index is 0.00861. The number of hydrogen-bond acceptors (Lipinski definition) is 5. The lowest BCUT2D eigenvalue weighted by atomic mass is 10.1. The summed E-state index contributed by atoms with van der Waals surface area (Å²) in [6.07, 6.45) is 4.44. The molecule has 1 aliphatic heterocycles. The lowest BCUT2D eigenvalue weighted by Crippen LogP contribution is -2.23. The highest BCUT2D eigenvalue weighted by Crippen LogP contribution is 2.26. The number of nitrogens with zero attached hydrogens (tertiary/aromatic N) is 3. The van der Waals surface area contributed by atoms with Gasteiger partial charge < -0.3 is 9.88 Å². The van der Waals surface area contributed by atoms with Crippen molar-refractivity contribution in [2.45, 2.75) is 56.5 Å². The number of anilines is 1. The Hall–Kier alpha value is -2.15. The van der Waals surface area contributed by atoms with Crippen LogP contribution in [0, 0.1) is 0 Å². The first-order valence-corrected chi connectivity index (χ1v) is 9.43. The molecule has 3 rings (SSSR count). The highest BCUT2D eigenvalue weighted by atomic mass is 32.2. The number of benzene rings is 1. The van der Waals surface area contributed by atoms with E-state index in [9.17, 15) is 9.59 Å². The Morgan fingerprint density at radius 1 is 1.16 bits per heavy atom. The number of rotatable bonds is 5. The summed E-state index contributed by atoms with van der Waals surface area (Å²) in [7, 11) is 0. The molecule has 1 atom stereocenters. The molecular weight excluding hydrogens is 336 g/mol. The molecule has 1 aromatic carbocycles. The van der Waals surface area contributed by atoms with Gasteiger partial charge in [0.25, 0.3) is 0 Å². The monoisotopic (exact) mass is 358 g/mol. The van der Waals surface area contributed by atoms with Crippen LogP contribution in [0.25, 0.3) is 0 Å². The summed E-state index contributed by atoms with van der Waals surface area (Å²) in [4.78, 5) is 23.7. The van der Waals surface area contributed by atoms with Gasteiger partial charge in [-0.15, -0.1) is 10.2 Å². The second kappa shape index (κ2) is 7.82. The van der Waals surface area contributed by atoms with Crippen molar-refractivity contribution in [2.24, 2.45) is 0 Å². The third kappa shape index (κ3) is 4.28. The highest BCUT2D eigenvalue weighted by molar-refractivity contribution is 8.00. The quantitative estimate of drug-likeness (QED) is 0.655. The normalized spacial score (nSPS) is 15.1. The molecule has 25 heavy (non-hydrogen) atoms. The van der Waals surface area contributed by atoms with Crippen molar-refractivity contribution in [3.05, 3.63) is 35.7 Å². The van der Waals surface area contributed by atoms with Crippen LogP contribution in [0.15, 0.2) is 29.4 Å². The summed E-state index contributed by atoms with van der Waals surface area (Å²) in [5, 5.41) is 11.9. The molecule has 0 spiro atoms. The molecule has 2 aromatic rings. The zero-order valence-electron chi connectivity index (χ0n) is 14.5. The molecule has 2 heterocycles. The minimum Gasteiger partial charge on any atom is -0.325 e. The van der Waals surface area contributed by atoms with Crippen LogP contribution in [0.4, 0.5) is 5.69 Å². The van der Waals surface area contributed by atoms with Crippen molar-refractivity contribution in [3.8, 4) is 0 Å². The number of Topliss-reactive ketones (excluding diaryl/α,β-unsaturated/α-hetero) is 1. The molecule has 7 heteroatoms. The molecule has 0 aliphatic carbocycles. The average Bonchev–Trinajstić information content (AvgIpc) is 2.82. The van der Waals surface area contributed by atoms with Gasteiger partial charge in [0.2, 0.25) is 5.91 Å². The summed E-state index contributed by atoms with van der Waals surface area (Å²) in [6.45, 7) is 4.31. The van der Waals surface area contributed by atoms with Crippen LogP contribution in [0.2, 0.25) is 0 Å². The Morgan fingerprint density at radius 3 is 2.64 bits per heavy atom. The predicted octanol–water partition coefficient (Wildman–Crippen LogP) is 3.33. The molecule has 1 N–H and O–H groups in total. The standard InChI is InChI=1S/C18H22N4O2S/c1-12(23)14-7-9-15(10-8-14)19-17(24)13(2)25-18-21-20-16-6-4-3-5-11-22(16)18/h7-10,13H,3-6,11H2,1-2H3,(H,19,24)/t13-/m1/s1. The lowest BCUT2D eigenvalue weighted by molar-refractivity contribution is -0.115. The SMILES string of the molecule is CC(=O)c1ccc(NC(=O)[C@@H](C)Sc2nnc3n2CCCCC3)cc1. The van der Waals surface area contributed by atoms with Crippen LogP contribution in [-0.4, -0.2) is 31.7 Å². The Morgan fingerprint density at radius 2 is 1.92 bits per heavy atom. The number of amides is 1. The minimum atomic E-state index is -0.288. The van der Waals surface area contributed by atoms with Crippen molar-refractivity contribution in [3.63, 3.8) is 0 Å². The number of aryl methyl sites for hydroxylation is 1. The molecule has 0 radical (unpaired) electrons. The molecule has 6 nitrogen and oxygen atoms in total. The predicted molar refractivity (Wildman–Crippen MR) is 98.0 cm³/mol. The van der Waals surface area contributed by atoms with E-state index in [2.05, 4.69) is 20.1 Å². The maximum absolute atomic E-state index is 12.4. The summed E-state index contributed by atoms with van der Waals surface area (Å²) >= 11 is 1.43. The third-order valence-electron chi connectivity index (χ3n) is 4.29. The maximum atomic E-state index is 12.4. The van der Waals surface area contributed by atoms with Crippen molar-refractivity contribution in [1.82, 2.24) is 14.8 Å². The van der Waals surface area contributed by atoms with Gasteiger partial charge in [0.15, 0.2) is 10.9 Å². The summed E-state index contributed by atoms with van der Waals surface area (Å²) in [5.41, 5.74) is 1.31. The molecular formula is C18H22N4O2S. The van der Waals surface area contributed by atoms with Crippen LogP contribution in [0.3, 0.4) is 0 Å². The van der Waals surface area contributed by atoms with E-state index in [1.807, 2.05) is 6.92 Å². The van der Waals surface area contributed by atoms with E-state index >= 15 is 0 Å². The fraction of sp³-hybridized carbons (Fsp3) is 0.444. The Labute approximate surface area is 151 Å². The van der Waals surface area contributed by atoms with Gasteiger partial charge in [-0.2, -0.15) is 0 Å². The fourth-order valence-corrected chi connectivity index (χ4v) is 3.68. The Balaban J connectivity index is 1.63. The summed E-state index contributed by atoms with van der Waals surface area (Å²) in [6, 6.07) is 6.92. The molecule has 1 aromatic heterocycles. The molecule has 0 bridgehead atoms. The van der Waals surface area contributed by atoms with Gasteiger partial charge in [-0.3, -0.25) is 9.59 Å². The first kappa shape index (κ1) is 17.7. The van der Waals surface area contributed by atoms with Gasteiger partial charge in [-0.25, -0.2) is 0 Å². The zero-order valence-corrected chi connectivity index (χ0v) is 15.3. The van der Waals surface area contributed by atoms with Crippen LogP contribution in [-0.2, 0) is 17.8 Å². The van der Waals surface area contributed by atoms with Crippen molar-refractivity contribution < 1.29 is 9.59 Å². The van der Waals surface area contributed by atoms with Crippen LogP contribution < -0.4 is 5.32 Å². The van der Waals surface area contributed by atoms with Crippen LogP contribution in [0.5, 0.6) is 0 Å². The number of hydrogen-bond donors (Lipinski definition) is 1. The van der Waals surface area contributed by atoms with Crippen molar-refractivity contribution in [2.75, 3.05) is 5.32 Å². The molecule has 0 fully saturated rings. The summed E-state index contributed by atoms with van der Waals surface area (Å²) in [5.74, 6) is 0.938. The molecule has 0 saturated heterocycles.